The van der Waals surface area contributed by atoms with Crippen LogP contribution in [0.25, 0.3) is 0 Å². The van der Waals surface area contributed by atoms with Gasteiger partial charge in [-0.05, 0) is 59.5 Å². The highest BCUT2D eigenvalue weighted by atomic mass is 16.6. The van der Waals surface area contributed by atoms with Gasteiger partial charge in [0.05, 0.1) is 30.0 Å². The number of allylic oxidation sites excluding steroid dienone is 2. The summed E-state index contributed by atoms with van der Waals surface area (Å²) < 4.78 is 23.0. The Labute approximate surface area is 215 Å². The Bertz CT molecular complexity index is 894. The van der Waals surface area contributed by atoms with Crippen molar-refractivity contribution in [2.45, 2.75) is 115 Å². The van der Waals surface area contributed by atoms with E-state index < -0.39 is 17.8 Å². The molecule has 0 radical (unpaired) electrons. The third-order valence-electron chi connectivity index (χ3n) is 7.41. The van der Waals surface area contributed by atoms with Gasteiger partial charge >= 0.3 is 5.97 Å². The molecule has 202 valence electrons. The molecule has 3 aliphatic heterocycles. The maximum Gasteiger partial charge on any atom is 0.302 e. The molecule has 3 saturated heterocycles. The van der Waals surface area contributed by atoms with Crippen molar-refractivity contribution in [3.63, 3.8) is 0 Å². The van der Waals surface area contributed by atoms with Gasteiger partial charge in [0.2, 0.25) is 5.91 Å². The number of aliphatic hydroxyl groups is 1. The van der Waals surface area contributed by atoms with Gasteiger partial charge in [-0.15, -0.1) is 0 Å². The molecule has 3 aliphatic rings. The van der Waals surface area contributed by atoms with Crippen LogP contribution in [0.3, 0.4) is 0 Å². The zero-order valence-corrected chi connectivity index (χ0v) is 22.7. The fourth-order valence-corrected chi connectivity index (χ4v) is 5.34. The summed E-state index contributed by atoms with van der Waals surface area (Å²) in [6, 6.07) is -0.0836. The van der Waals surface area contributed by atoms with Crippen LogP contribution in [-0.4, -0.2) is 71.4 Å². The molecule has 0 saturated carbocycles. The van der Waals surface area contributed by atoms with Gasteiger partial charge in [0.25, 0.3) is 0 Å². The molecule has 2 N–H and O–H groups in total. The zero-order chi connectivity index (χ0) is 26.7. The fraction of sp³-hybridized carbons (Fsp3) is 0.714. The van der Waals surface area contributed by atoms with Crippen molar-refractivity contribution in [3.05, 3.63) is 36.0 Å². The quantitative estimate of drug-likeness (QED) is 0.225. The first-order valence-electron chi connectivity index (χ1n) is 13.0. The van der Waals surface area contributed by atoms with Gasteiger partial charge in [-0.25, -0.2) is 0 Å². The van der Waals surface area contributed by atoms with Gasteiger partial charge in [-0.2, -0.15) is 0 Å². The zero-order valence-electron chi connectivity index (χ0n) is 22.7. The van der Waals surface area contributed by atoms with E-state index in [2.05, 4.69) is 18.3 Å². The van der Waals surface area contributed by atoms with Gasteiger partial charge in [0, 0.05) is 19.4 Å². The normalized spacial score (nSPS) is 38.4. The average Bonchev–Trinajstić information content (AvgIpc) is 3.42. The highest BCUT2D eigenvalue weighted by Gasteiger charge is 2.65. The molecular weight excluding hydrogens is 462 g/mol. The molecule has 1 amide bonds. The Morgan fingerprint density at radius 2 is 1.83 bits per heavy atom. The summed E-state index contributed by atoms with van der Waals surface area (Å²) in [5.74, 6) is -0.340. The Hall–Kier alpha value is -2.00. The summed E-state index contributed by atoms with van der Waals surface area (Å²) in [6.45, 7) is 13.6. The molecule has 1 unspecified atom stereocenters. The van der Waals surface area contributed by atoms with Gasteiger partial charge in [0.15, 0.2) is 0 Å². The monoisotopic (exact) mass is 505 g/mol. The number of carbonyl (C=O) groups is 2. The number of rotatable bonds is 8. The van der Waals surface area contributed by atoms with Crippen LogP contribution in [0.1, 0.15) is 67.7 Å². The summed E-state index contributed by atoms with van der Waals surface area (Å²) in [6.07, 6.45) is 10.1. The third-order valence-corrected chi connectivity index (χ3v) is 7.41. The molecular formula is C28H43NO7. The molecule has 36 heavy (non-hydrogen) atoms. The first-order chi connectivity index (χ1) is 16.8. The maximum absolute atomic E-state index is 12.2. The van der Waals surface area contributed by atoms with Crippen molar-refractivity contribution in [2.24, 2.45) is 5.92 Å². The molecule has 0 aromatic rings. The predicted octanol–water partition coefficient (Wildman–Crippen LogP) is 3.38. The van der Waals surface area contributed by atoms with E-state index in [4.69, 9.17) is 18.9 Å². The van der Waals surface area contributed by atoms with Crippen molar-refractivity contribution in [3.8, 4) is 0 Å². The van der Waals surface area contributed by atoms with E-state index in [1.807, 2.05) is 46.8 Å². The van der Waals surface area contributed by atoms with E-state index in [0.717, 1.165) is 18.4 Å². The van der Waals surface area contributed by atoms with E-state index in [1.165, 1.54) is 19.1 Å². The molecule has 3 rings (SSSR count). The van der Waals surface area contributed by atoms with Crippen LogP contribution in [0.2, 0.25) is 0 Å². The van der Waals surface area contributed by atoms with Crippen LogP contribution in [-0.2, 0) is 28.5 Å². The van der Waals surface area contributed by atoms with E-state index in [0.29, 0.717) is 6.42 Å². The lowest BCUT2D eigenvalue weighted by atomic mass is 9.81. The number of amides is 1. The predicted molar refractivity (Wildman–Crippen MR) is 136 cm³/mol. The highest BCUT2D eigenvalue weighted by molar-refractivity contribution is 5.87. The second kappa shape index (κ2) is 11.6. The Morgan fingerprint density at radius 3 is 2.47 bits per heavy atom. The summed E-state index contributed by atoms with van der Waals surface area (Å²) in [5.41, 5.74) is 0.215. The minimum atomic E-state index is -0.684. The van der Waals surface area contributed by atoms with Gasteiger partial charge in [-0.1, -0.05) is 30.7 Å². The lowest BCUT2D eigenvalue weighted by Crippen LogP contribution is -2.54. The summed E-state index contributed by atoms with van der Waals surface area (Å²) in [4.78, 5) is 23.0. The number of esters is 1. The van der Waals surface area contributed by atoms with Crippen molar-refractivity contribution in [1.82, 2.24) is 5.32 Å². The number of aliphatic hydroxyl groups excluding tert-OH is 1. The Balaban J connectivity index is 1.49. The Morgan fingerprint density at radius 1 is 1.14 bits per heavy atom. The van der Waals surface area contributed by atoms with Crippen LogP contribution < -0.4 is 5.32 Å². The van der Waals surface area contributed by atoms with Gasteiger partial charge < -0.3 is 29.4 Å². The van der Waals surface area contributed by atoms with E-state index in [1.54, 1.807) is 0 Å². The summed E-state index contributed by atoms with van der Waals surface area (Å²) in [7, 11) is 0. The molecule has 0 aromatic heterocycles. The topological polar surface area (TPSA) is 107 Å². The Kier molecular flexibility index (Phi) is 9.20. The minimum absolute atomic E-state index is 0.0421. The number of carbonyl (C=O) groups excluding carboxylic acids is 2. The molecule has 0 aromatic carbocycles. The number of nitrogens with one attached hydrogen (secondary N) is 1. The standard InChI is InChI=1S/C28H43NO7/c1-17(11-13-24-26(32)28(20(4)35-28)16-27(6,7)36-24)10-12-23-18(2)15-22(19(3)34-23)29-25(31)9-8-14-33-21(5)30/h8-11,13,18-20,22-24,26,32H,12,14-16H2,1-7H3,(H,29,31)/b9-8-,13-11+,17-10+/t18-,19+,20+,22?,23-,24+,26+,28+/m0/s1. The average molecular weight is 506 g/mol. The molecule has 8 nitrogen and oxygen atoms in total. The van der Waals surface area contributed by atoms with Crippen molar-refractivity contribution < 1.29 is 33.6 Å². The van der Waals surface area contributed by atoms with E-state index in [9.17, 15) is 14.7 Å². The summed E-state index contributed by atoms with van der Waals surface area (Å²) >= 11 is 0. The third kappa shape index (κ3) is 7.28. The van der Waals surface area contributed by atoms with E-state index >= 15 is 0 Å². The SMILES string of the molecule is CC(=O)OC/C=C\C(=O)NC1C[C@H](C)[C@H](C/C=C(C)/C=C/[C@H]2OC(C)(C)C[C@]3(O[C@@H]3C)[C@@H]2O)O[C@@H]1C. The number of hydrogen-bond donors (Lipinski definition) is 2. The molecule has 0 bridgehead atoms. The number of ether oxygens (including phenoxy) is 4. The highest BCUT2D eigenvalue weighted by Crippen LogP contribution is 2.51. The van der Waals surface area contributed by atoms with Crippen molar-refractivity contribution >= 4 is 11.9 Å². The van der Waals surface area contributed by atoms with Crippen LogP contribution in [0, 0.1) is 5.92 Å². The van der Waals surface area contributed by atoms with Crippen LogP contribution in [0.4, 0.5) is 0 Å². The molecule has 1 spiro atoms. The maximum atomic E-state index is 12.2. The lowest BCUT2D eigenvalue weighted by Gasteiger charge is -2.42. The van der Waals surface area contributed by atoms with Crippen LogP contribution in [0.15, 0.2) is 36.0 Å². The second-order valence-corrected chi connectivity index (χ2v) is 11.1. The first kappa shape index (κ1) is 28.6. The molecule has 0 aliphatic carbocycles. The minimum Gasteiger partial charge on any atom is -0.462 e. The van der Waals surface area contributed by atoms with E-state index in [-0.39, 0.29) is 54.4 Å². The molecule has 3 heterocycles. The largest absolute Gasteiger partial charge is 0.462 e. The van der Waals surface area contributed by atoms with Crippen molar-refractivity contribution in [2.75, 3.05) is 6.61 Å². The number of epoxide rings is 1. The van der Waals surface area contributed by atoms with Crippen LogP contribution >= 0.6 is 0 Å². The first-order valence-corrected chi connectivity index (χ1v) is 13.0. The molecule has 8 heteroatoms. The molecule has 8 atom stereocenters. The second-order valence-electron chi connectivity index (χ2n) is 11.1. The summed E-state index contributed by atoms with van der Waals surface area (Å²) in [5, 5.41) is 13.8. The molecule has 3 fully saturated rings. The van der Waals surface area contributed by atoms with Crippen molar-refractivity contribution in [1.29, 1.82) is 0 Å². The van der Waals surface area contributed by atoms with Crippen LogP contribution in [0.5, 0.6) is 0 Å². The fourth-order valence-electron chi connectivity index (χ4n) is 5.34. The lowest BCUT2D eigenvalue weighted by molar-refractivity contribution is -0.171. The number of hydrogen-bond acceptors (Lipinski definition) is 7. The van der Waals surface area contributed by atoms with Gasteiger partial charge in [0.1, 0.15) is 24.4 Å². The van der Waals surface area contributed by atoms with Gasteiger partial charge in [-0.3, -0.25) is 9.59 Å². The smallest absolute Gasteiger partial charge is 0.302 e.